The highest BCUT2D eigenvalue weighted by Gasteiger charge is 2.32. The van der Waals surface area contributed by atoms with Gasteiger partial charge in [-0.1, -0.05) is 13.3 Å². The lowest BCUT2D eigenvalue weighted by Gasteiger charge is -2.19. The Morgan fingerprint density at radius 2 is 2.26 bits per heavy atom. The van der Waals surface area contributed by atoms with Gasteiger partial charge in [-0.2, -0.15) is 0 Å². The first-order valence-corrected chi connectivity index (χ1v) is 6.74. The predicted molar refractivity (Wildman–Crippen MR) is 74.5 cm³/mol. The third-order valence-electron chi connectivity index (χ3n) is 3.70. The number of nitrogens with zero attached hydrogens (tertiary/aromatic N) is 2. The first kappa shape index (κ1) is 13.8. The maximum Gasteiger partial charge on any atom is 0.339 e. The number of aryl methyl sites for hydroxylation is 1. The summed E-state index contributed by atoms with van der Waals surface area (Å²) in [7, 11) is 0. The molecule has 2 atom stereocenters. The van der Waals surface area contributed by atoms with Crippen molar-refractivity contribution >= 4 is 11.8 Å². The Bertz CT molecular complexity index is 476. The molecule has 1 aliphatic heterocycles. The van der Waals surface area contributed by atoms with Crippen LogP contribution in [0.2, 0.25) is 0 Å². The van der Waals surface area contributed by atoms with Crippen LogP contribution in [0.25, 0.3) is 0 Å². The summed E-state index contributed by atoms with van der Waals surface area (Å²) < 4.78 is 0. The summed E-state index contributed by atoms with van der Waals surface area (Å²) in [5, 5.41) is 9.25. The zero-order chi connectivity index (χ0) is 14.0. The van der Waals surface area contributed by atoms with Gasteiger partial charge < -0.3 is 15.7 Å². The molecule has 0 amide bonds. The van der Waals surface area contributed by atoms with Gasteiger partial charge in [0.25, 0.3) is 0 Å². The van der Waals surface area contributed by atoms with Crippen LogP contribution in [0.3, 0.4) is 0 Å². The zero-order valence-electron chi connectivity index (χ0n) is 11.5. The largest absolute Gasteiger partial charge is 0.478 e. The SMILES string of the molecule is CCCC1CN(c2nc(C)ccc2C(=O)O)CC1N. The highest BCUT2D eigenvalue weighted by Crippen LogP contribution is 2.27. The molecule has 0 radical (unpaired) electrons. The molecule has 5 nitrogen and oxygen atoms in total. The van der Waals surface area contributed by atoms with Gasteiger partial charge in [-0.25, -0.2) is 9.78 Å². The quantitative estimate of drug-likeness (QED) is 0.863. The average molecular weight is 263 g/mol. The van der Waals surface area contributed by atoms with Gasteiger partial charge >= 0.3 is 5.97 Å². The van der Waals surface area contributed by atoms with E-state index in [-0.39, 0.29) is 11.6 Å². The Morgan fingerprint density at radius 3 is 2.89 bits per heavy atom. The minimum absolute atomic E-state index is 0.101. The number of pyridine rings is 1. The molecule has 0 spiro atoms. The molecule has 1 saturated heterocycles. The number of hydrogen-bond acceptors (Lipinski definition) is 4. The summed E-state index contributed by atoms with van der Waals surface area (Å²) in [5.41, 5.74) is 7.23. The van der Waals surface area contributed by atoms with Crippen LogP contribution >= 0.6 is 0 Å². The second kappa shape index (κ2) is 5.57. The van der Waals surface area contributed by atoms with Gasteiger partial charge in [-0.3, -0.25) is 0 Å². The molecule has 1 fully saturated rings. The minimum atomic E-state index is -0.935. The van der Waals surface area contributed by atoms with Crippen molar-refractivity contribution in [2.45, 2.75) is 32.7 Å². The zero-order valence-corrected chi connectivity index (χ0v) is 11.5. The number of carbonyl (C=O) groups is 1. The van der Waals surface area contributed by atoms with Crippen LogP contribution in [-0.4, -0.2) is 35.2 Å². The van der Waals surface area contributed by atoms with Crippen molar-refractivity contribution in [3.8, 4) is 0 Å². The Labute approximate surface area is 113 Å². The second-order valence-electron chi connectivity index (χ2n) is 5.25. The number of nitrogens with two attached hydrogens (primary N) is 1. The molecule has 5 heteroatoms. The Kier molecular flexibility index (Phi) is 4.04. The third kappa shape index (κ3) is 2.87. The van der Waals surface area contributed by atoms with E-state index < -0.39 is 5.97 Å². The predicted octanol–water partition coefficient (Wildman–Crippen LogP) is 1.65. The van der Waals surface area contributed by atoms with Crippen molar-refractivity contribution in [2.24, 2.45) is 11.7 Å². The van der Waals surface area contributed by atoms with Gasteiger partial charge in [0, 0.05) is 24.8 Å². The lowest BCUT2D eigenvalue weighted by Crippen LogP contribution is -2.30. The summed E-state index contributed by atoms with van der Waals surface area (Å²) in [4.78, 5) is 17.7. The Morgan fingerprint density at radius 1 is 1.53 bits per heavy atom. The number of aromatic nitrogens is 1. The van der Waals surface area contributed by atoms with E-state index in [1.807, 2.05) is 11.8 Å². The smallest absolute Gasteiger partial charge is 0.339 e. The lowest BCUT2D eigenvalue weighted by molar-refractivity contribution is 0.0697. The van der Waals surface area contributed by atoms with E-state index in [1.54, 1.807) is 12.1 Å². The van der Waals surface area contributed by atoms with Crippen LogP contribution in [0.4, 0.5) is 5.82 Å². The standard InChI is InChI=1S/C14H21N3O2/c1-3-4-10-7-17(8-12(10)15)13-11(14(18)19)6-5-9(2)16-13/h5-6,10,12H,3-4,7-8,15H2,1-2H3,(H,18,19). The maximum atomic E-state index is 11.3. The fourth-order valence-electron chi connectivity index (χ4n) is 2.70. The number of hydrogen-bond donors (Lipinski definition) is 2. The van der Waals surface area contributed by atoms with Crippen LogP contribution in [0, 0.1) is 12.8 Å². The van der Waals surface area contributed by atoms with Crippen LogP contribution in [0.5, 0.6) is 0 Å². The summed E-state index contributed by atoms with van der Waals surface area (Å²) in [6.45, 7) is 5.49. The molecular weight excluding hydrogens is 242 g/mol. The molecule has 2 heterocycles. The van der Waals surface area contributed by atoms with E-state index in [4.69, 9.17) is 5.73 Å². The van der Waals surface area contributed by atoms with Gasteiger partial charge in [-0.15, -0.1) is 0 Å². The molecule has 2 unspecified atom stereocenters. The molecule has 104 valence electrons. The molecule has 1 aliphatic rings. The van der Waals surface area contributed by atoms with Gasteiger partial charge in [0.1, 0.15) is 11.4 Å². The van der Waals surface area contributed by atoms with E-state index in [2.05, 4.69) is 11.9 Å². The molecule has 3 N–H and O–H groups in total. The average Bonchev–Trinajstić information content (AvgIpc) is 2.71. The van der Waals surface area contributed by atoms with E-state index in [0.717, 1.165) is 25.1 Å². The topological polar surface area (TPSA) is 79.5 Å². The Hall–Kier alpha value is -1.62. The van der Waals surface area contributed by atoms with Crippen LogP contribution in [-0.2, 0) is 0 Å². The first-order chi connectivity index (χ1) is 9.02. The number of aromatic carboxylic acids is 1. The molecule has 0 aromatic carbocycles. The van der Waals surface area contributed by atoms with Gasteiger partial charge in [0.15, 0.2) is 0 Å². The monoisotopic (exact) mass is 263 g/mol. The van der Waals surface area contributed by atoms with Crippen molar-refractivity contribution < 1.29 is 9.90 Å². The molecular formula is C14H21N3O2. The molecule has 0 aliphatic carbocycles. The fourth-order valence-corrected chi connectivity index (χ4v) is 2.70. The van der Waals surface area contributed by atoms with Crippen LogP contribution < -0.4 is 10.6 Å². The summed E-state index contributed by atoms with van der Waals surface area (Å²) >= 11 is 0. The van der Waals surface area contributed by atoms with Crippen molar-refractivity contribution in [3.05, 3.63) is 23.4 Å². The second-order valence-corrected chi connectivity index (χ2v) is 5.25. The highest BCUT2D eigenvalue weighted by molar-refractivity contribution is 5.93. The normalized spacial score (nSPS) is 22.8. The van der Waals surface area contributed by atoms with Gasteiger partial charge in [0.2, 0.25) is 0 Å². The first-order valence-electron chi connectivity index (χ1n) is 6.74. The third-order valence-corrected chi connectivity index (χ3v) is 3.70. The summed E-state index contributed by atoms with van der Waals surface area (Å²) in [6.07, 6.45) is 2.17. The van der Waals surface area contributed by atoms with Crippen molar-refractivity contribution in [3.63, 3.8) is 0 Å². The van der Waals surface area contributed by atoms with Crippen molar-refractivity contribution in [1.29, 1.82) is 0 Å². The van der Waals surface area contributed by atoms with Crippen LogP contribution in [0.1, 0.15) is 35.8 Å². The Balaban J connectivity index is 2.27. The highest BCUT2D eigenvalue weighted by atomic mass is 16.4. The van der Waals surface area contributed by atoms with E-state index in [1.165, 1.54) is 0 Å². The fraction of sp³-hybridized carbons (Fsp3) is 0.571. The van der Waals surface area contributed by atoms with E-state index in [0.29, 0.717) is 18.3 Å². The molecule has 1 aromatic rings. The van der Waals surface area contributed by atoms with E-state index in [9.17, 15) is 9.90 Å². The van der Waals surface area contributed by atoms with Crippen LogP contribution in [0.15, 0.2) is 12.1 Å². The molecule has 0 bridgehead atoms. The molecule has 1 aromatic heterocycles. The van der Waals surface area contributed by atoms with Gasteiger partial charge in [-0.05, 0) is 31.4 Å². The molecule has 19 heavy (non-hydrogen) atoms. The summed E-state index contributed by atoms with van der Waals surface area (Å²) in [6, 6.07) is 3.45. The number of anilines is 1. The molecule has 2 rings (SSSR count). The maximum absolute atomic E-state index is 11.3. The molecule has 0 saturated carbocycles. The lowest BCUT2D eigenvalue weighted by atomic mass is 9.99. The minimum Gasteiger partial charge on any atom is -0.478 e. The van der Waals surface area contributed by atoms with Crippen molar-refractivity contribution in [1.82, 2.24) is 4.98 Å². The summed E-state index contributed by atoms with van der Waals surface area (Å²) in [5.74, 6) is 0.0468. The number of carboxylic acids is 1. The number of carboxylic acid groups (broad SMARTS) is 1. The number of rotatable bonds is 4. The van der Waals surface area contributed by atoms with Crippen molar-refractivity contribution in [2.75, 3.05) is 18.0 Å². The van der Waals surface area contributed by atoms with Gasteiger partial charge in [0.05, 0.1) is 0 Å². The van der Waals surface area contributed by atoms with E-state index >= 15 is 0 Å².